The van der Waals surface area contributed by atoms with Crippen molar-refractivity contribution in [2.24, 2.45) is 0 Å². The van der Waals surface area contributed by atoms with Gasteiger partial charge in [0.2, 0.25) is 0 Å². The summed E-state index contributed by atoms with van der Waals surface area (Å²) in [4.78, 5) is 24.0. The van der Waals surface area contributed by atoms with E-state index in [1.807, 2.05) is 0 Å². The molecule has 0 atom stereocenters. The first-order valence-corrected chi connectivity index (χ1v) is 8.46. The molecule has 0 aliphatic rings. The maximum Gasteiger partial charge on any atom is 0.338 e. The number of halogens is 1. The van der Waals surface area contributed by atoms with Gasteiger partial charge in [0.25, 0.3) is 5.91 Å². The number of anilines is 1. The molecule has 2 N–H and O–H groups in total. The number of carbonyl (C=O) groups is 2. The summed E-state index contributed by atoms with van der Waals surface area (Å²) in [5.74, 6) is -0.471. The summed E-state index contributed by atoms with van der Waals surface area (Å²) in [7, 11) is 1.46. The predicted molar refractivity (Wildman–Crippen MR) is 104 cm³/mol. The molecule has 8 heteroatoms. The molecule has 0 spiro atoms. The highest BCUT2D eigenvalue weighted by Crippen LogP contribution is 2.22. The second-order valence-electron chi connectivity index (χ2n) is 5.05. The number of esters is 1. The second kappa shape index (κ2) is 9.17. The molecule has 1 amide bonds. The fourth-order valence-corrected chi connectivity index (χ4v) is 2.48. The number of ether oxygens (including phenoxy) is 2. The molecule has 0 fully saturated rings. The highest BCUT2D eigenvalue weighted by atomic mass is 35.5. The van der Waals surface area contributed by atoms with Gasteiger partial charge in [0.15, 0.2) is 5.11 Å². The van der Waals surface area contributed by atoms with Crippen molar-refractivity contribution in [2.75, 3.05) is 19.0 Å². The molecule has 0 saturated heterocycles. The molecule has 0 aromatic heterocycles. The van der Waals surface area contributed by atoms with Gasteiger partial charge >= 0.3 is 5.97 Å². The number of hydrogen-bond donors (Lipinski definition) is 2. The molecule has 2 rings (SSSR count). The van der Waals surface area contributed by atoms with Crippen LogP contribution in [0.5, 0.6) is 5.75 Å². The molecule has 0 radical (unpaired) electrons. The van der Waals surface area contributed by atoms with Crippen LogP contribution in [0.25, 0.3) is 0 Å². The molecule has 0 unspecified atom stereocenters. The van der Waals surface area contributed by atoms with Crippen LogP contribution in [0.4, 0.5) is 5.69 Å². The predicted octanol–water partition coefficient (Wildman–Crippen LogP) is 3.65. The first kappa shape index (κ1) is 19.7. The Kier molecular flexibility index (Phi) is 6.94. The van der Waals surface area contributed by atoms with Crippen molar-refractivity contribution < 1.29 is 19.1 Å². The third-order valence-corrected chi connectivity index (χ3v) is 3.73. The number of amides is 1. The van der Waals surface area contributed by atoms with E-state index in [4.69, 9.17) is 33.3 Å². The van der Waals surface area contributed by atoms with E-state index >= 15 is 0 Å². The lowest BCUT2D eigenvalue weighted by Crippen LogP contribution is -2.34. The van der Waals surface area contributed by atoms with Crippen molar-refractivity contribution in [3.8, 4) is 5.75 Å². The molecule has 26 heavy (non-hydrogen) atoms. The lowest BCUT2D eigenvalue weighted by Gasteiger charge is -2.12. The average molecular weight is 393 g/mol. The summed E-state index contributed by atoms with van der Waals surface area (Å²) >= 11 is 11.1. The van der Waals surface area contributed by atoms with Gasteiger partial charge in [-0.1, -0.05) is 11.6 Å². The van der Waals surface area contributed by atoms with Crippen molar-refractivity contribution in [3.63, 3.8) is 0 Å². The molecule has 0 bridgehead atoms. The van der Waals surface area contributed by atoms with Crippen LogP contribution in [0.15, 0.2) is 42.5 Å². The maximum absolute atomic E-state index is 12.4. The lowest BCUT2D eigenvalue weighted by atomic mass is 10.2. The van der Waals surface area contributed by atoms with Crippen LogP contribution in [0.1, 0.15) is 27.6 Å². The minimum absolute atomic E-state index is 0.0981. The number of rotatable bonds is 5. The minimum atomic E-state index is -0.454. The first-order valence-electron chi connectivity index (χ1n) is 7.67. The summed E-state index contributed by atoms with van der Waals surface area (Å²) in [5, 5.41) is 5.93. The van der Waals surface area contributed by atoms with Crippen LogP contribution in [-0.2, 0) is 4.74 Å². The standard InChI is InChI=1S/C18H17ClN2O4S/c1-3-25-17(23)11-4-7-13(8-5-11)20-18(26)21-16(22)14-10-12(19)6-9-15(14)24-2/h4-10H,3H2,1-2H3,(H2,20,21,22,26). The van der Waals surface area contributed by atoms with Gasteiger partial charge in [-0.15, -0.1) is 0 Å². The first-order chi connectivity index (χ1) is 12.4. The van der Waals surface area contributed by atoms with Crippen LogP contribution < -0.4 is 15.4 Å². The molecule has 2 aromatic rings. The summed E-state index contributed by atoms with van der Waals surface area (Å²) in [6.45, 7) is 2.05. The number of carbonyl (C=O) groups excluding carboxylic acids is 2. The summed E-state index contributed by atoms with van der Waals surface area (Å²) in [6, 6.07) is 11.2. The van der Waals surface area contributed by atoms with Crippen LogP contribution >= 0.6 is 23.8 Å². The molecular formula is C18H17ClN2O4S. The Labute approximate surface area is 161 Å². The van der Waals surface area contributed by atoms with E-state index < -0.39 is 11.9 Å². The molecule has 6 nitrogen and oxygen atoms in total. The summed E-state index contributed by atoms with van der Waals surface area (Å²) in [6.07, 6.45) is 0. The van der Waals surface area contributed by atoms with E-state index in [1.165, 1.54) is 13.2 Å². The van der Waals surface area contributed by atoms with E-state index in [0.29, 0.717) is 28.6 Å². The minimum Gasteiger partial charge on any atom is -0.496 e. The Balaban J connectivity index is 2.01. The lowest BCUT2D eigenvalue weighted by molar-refractivity contribution is 0.0526. The molecule has 0 saturated carbocycles. The molecule has 2 aromatic carbocycles. The normalized spacial score (nSPS) is 9.96. The van der Waals surface area contributed by atoms with E-state index in [0.717, 1.165) is 0 Å². The zero-order valence-electron chi connectivity index (χ0n) is 14.2. The number of benzene rings is 2. The van der Waals surface area contributed by atoms with Gasteiger partial charge in [0.05, 0.1) is 24.8 Å². The summed E-state index contributed by atoms with van der Waals surface area (Å²) in [5.41, 5.74) is 1.30. The van der Waals surface area contributed by atoms with Gasteiger partial charge in [0.1, 0.15) is 5.75 Å². The summed E-state index contributed by atoms with van der Waals surface area (Å²) < 4.78 is 10.1. The van der Waals surface area contributed by atoms with Gasteiger partial charge < -0.3 is 14.8 Å². The molecule has 0 aliphatic carbocycles. The molecular weight excluding hydrogens is 376 g/mol. The molecule has 0 heterocycles. The van der Waals surface area contributed by atoms with Gasteiger partial charge in [-0.05, 0) is 61.6 Å². The van der Waals surface area contributed by atoms with Gasteiger partial charge in [-0.25, -0.2) is 4.79 Å². The number of methoxy groups -OCH3 is 1. The highest BCUT2D eigenvalue weighted by Gasteiger charge is 2.14. The fraction of sp³-hybridized carbons (Fsp3) is 0.167. The van der Waals surface area contributed by atoms with Crippen LogP contribution in [0.3, 0.4) is 0 Å². The van der Waals surface area contributed by atoms with Crippen LogP contribution in [0.2, 0.25) is 5.02 Å². The topological polar surface area (TPSA) is 76.7 Å². The Morgan fingerprint density at radius 1 is 1.15 bits per heavy atom. The third kappa shape index (κ3) is 5.18. The van der Waals surface area contributed by atoms with E-state index in [1.54, 1.807) is 43.3 Å². The van der Waals surface area contributed by atoms with Crippen LogP contribution in [-0.4, -0.2) is 30.7 Å². The molecule has 136 valence electrons. The fourth-order valence-electron chi connectivity index (χ4n) is 2.09. The third-order valence-electron chi connectivity index (χ3n) is 3.29. The maximum atomic E-state index is 12.4. The molecule has 0 aliphatic heterocycles. The second-order valence-corrected chi connectivity index (χ2v) is 5.90. The van der Waals surface area contributed by atoms with Crippen molar-refractivity contribution >= 4 is 46.5 Å². The van der Waals surface area contributed by atoms with E-state index in [-0.39, 0.29) is 10.7 Å². The van der Waals surface area contributed by atoms with Gasteiger partial charge in [-0.2, -0.15) is 0 Å². The van der Waals surface area contributed by atoms with Crippen molar-refractivity contribution in [1.82, 2.24) is 5.32 Å². The number of thiocarbonyl (C=S) groups is 1. The highest BCUT2D eigenvalue weighted by molar-refractivity contribution is 7.80. The SMILES string of the molecule is CCOC(=O)c1ccc(NC(=S)NC(=O)c2cc(Cl)ccc2OC)cc1. The van der Waals surface area contributed by atoms with E-state index in [9.17, 15) is 9.59 Å². The number of hydrogen-bond acceptors (Lipinski definition) is 5. The largest absolute Gasteiger partial charge is 0.496 e. The monoisotopic (exact) mass is 392 g/mol. The Morgan fingerprint density at radius 2 is 1.85 bits per heavy atom. The smallest absolute Gasteiger partial charge is 0.338 e. The zero-order valence-corrected chi connectivity index (χ0v) is 15.7. The van der Waals surface area contributed by atoms with Crippen molar-refractivity contribution in [1.29, 1.82) is 0 Å². The van der Waals surface area contributed by atoms with Gasteiger partial charge in [0, 0.05) is 10.7 Å². The van der Waals surface area contributed by atoms with Gasteiger partial charge in [-0.3, -0.25) is 10.1 Å². The quantitative estimate of drug-likeness (QED) is 0.597. The average Bonchev–Trinajstić information content (AvgIpc) is 2.62. The Morgan fingerprint density at radius 3 is 2.46 bits per heavy atom. The van der Waals surface area contributed by atoms with Crippen molar-refractivity contribution in [3.05, 3.63) is 58.6 Å². The number of nitrogens with one attached hydrogen (secondary N) is 2. The Bertz CT molecular complexity index is 824. The van der Waals surface area contributed by atoms with Crippen LogP contribution in [0, 0.1) is 0 Å². The van der Waals surface area contributed by atoms with E-state index in [2.05, 4.69) is 10.6 Å². The van der Waals surface area contributed by atoms with Crippen molar-refractivity contribution in [2.45, 2.75) is 6.92 Å². The zero-order chi connectivity index (χ0) is 19.1. The Hall–Kier alpha value is -2.64.